The Balaban J connectivity index is 2.11. The molecule has 136 valence electrons. The van der Waals surface area contributed by atoms with Crippen LogP contribution in [0.15, 0.2) is 51.7 Å². The van der Waals surface area contributed by atoms with Crippen molar-refractivity contribution in [1.29, 1.82) is 0 Å². The van der Waals surface area contributed by atoms with Gasteiger partial charge in [-0.15, -0.1) is 0 Å². The molecule has 2 aliphatic heterocycles. The first kappa shape index (κ1) is 17.1. The predicted octanol–water partition coefficient (Wildman–Crippen LogP) is 3.37. The first-order chi connectivity index (χ1) is 13.0. The number of benzene rings is 2. The highest BCUT2D eigenvalue weighted by Crippen LogP contribution is 2.37. The fraction of sp³-hybridized carbons (Fsp3) is 0.105. The first-order valence-corrected chi connectivity index (χ1v) is 8.36. The number of rotatable bonds is 4. The second kappa shape index (κ2) is 6.44. The maximum absolute atomic E-state index is 13.0. The summed E-state index contributed by atoms with van der Waals surface area (Å²) in [6, 6.07) is 11.7. The molecule has 0 aromatic heterocycles. The van der Waals surface area contributed by atoms with Crippen LogP contribution in [0.1, 0.15) is 5.76 Å². The second-order valence-electron chi connectivity index (χ2n) is 5.85. The number of halogens is 1. The van der Waals surface area contributed by atoms with Crippen LogP contribution in [0, 0.1) is 0 Å². The van der Waals surface area contributed by atoms with Crippen molar-refractivity contribution in [3.05, 3.63) is 63.6 Å². The molecular formula is C19H13ClN2O5. The van der Waals surface area contributed by atoms with Gasteiger partial charge < -0.3 is 14.3 Å². The lowest BCUT2D eigenvalue weighted by Gasteiger charge is -2.10. The van der Waals surface area contributed by atoms with Gasteiger partial charge in [-0.3, -0.25) is 9.59 Å². The van der Waals surface area contributed by atoms with E-state index in [0.29, 0.717) is 33.1 Å². The molecule has 0 spiro atoms. The molecule has 0 aliphatic carbocycles. The van der Waals surface area contributed by atoms with E-state index in [-0.39, 0.29) is 11.3 Å². The zero-order valence-corrected chi connectivity index (χ0v) is 14.9. The number of hydrogen-bond donors (Lipinski definition) is 1. The lowest BCUT2D eigenvalue weighted by molar-refractivity contribution is -0.136. The third kappa shape index (κ3) is 2.82. The molecule has 8 heteroatoms. The number of ether oxygens (including phenoxy) is 1. The van der Waals surface area contributed by atoms with Crippen LogP contribution in [-0.4, -0.2) is 28.0 Å². The summed E-state index contributed by atoms with van der Waals surface area (Å²) in [6.07, 6.45) is -0.439. The van der Waals surface area contributed by atoms with Crippen LogP contribution in [-0.2, 0) is 11.2 Å². The van der Waals surface area contributed by atoms with E-state index in [1.807, 2.05) is 0 Å². The minimum Gasteiger partial charge on any atom is -0.496 e. The van der Waals surface area contributed by atoms with Crippen molar-refractivity contribution in [2.24, 2.45) is 0 Å². The molecule has 0 amide bonds. The van der Waals surface area contributed by atoms with E-state index < -0.39 is 17.9 Å². The van der Waals surface area contributed by atoms with E-state index in [2.05, 4.69) is 5.10 Å². The fourth-order valence-corrected chi connectivity index (χ4v) is 3.16. The van der Waals surface area contributed by atoms with Crippen LogP contribution in [0.3, 0.4) is 0 Å². The van der Waals surface area contributed by atoms with E-state index in [0.717, 1.165) is 0 Å². The minimum absolute atomic E-state index is 0.0449. The molecule has 0 unspecified atom stereocenters. The molecule has 0 radical (unpaired) electrons. The molecular weight excluding hydrogens is 372 g/mol. The summed E-state index contributed by atoms with van der Waals surface area (Å²) >= 11 is 5.91. The Morgan fingerprint density at radius 3 is 2.67 bits per heavy atom. The summed E-state index contributed by atoms with van der Waals surface area (Å²) in [4.78, 5) is 24.3. The number of carboxylic acids is 1. The molecule has 4 rings (SSSR count). The zero-order chi connectivity index (χ0) is 19.1. The average molecular weight is 385 g/mol. The van der Waals surface area contributed by atoms with Crippen LogP contribution in [0.25, 0.3) is 27.9 Å². The molecule has 2 aliphatic rings. The number of carboxylic acid groups (broad SMARTS) is 1. The Hall–Kier alpha value is -3.32. The maximum atomic E-state index is 13.0. The zero-order valence-electron chi connectivity index (χ0n) is 14.1. The second-order valence-corrected chi connectivity index (χ2v) is 6.28. The Labute approximate surface area is 157 Å². The van der Waals surface area contributed by atoms with E-state index in [9.17, 15) is 14.7 Å². The topological polar surface area (TPSA) is 94.6 Å². The van der Waals surface area contributed by atoms with Crippen molar-refractivity contribution < 1.29 is 19.1 Å². The molecule has 2 aromatic rings. The third-order valence-electron chi connectivity index (χ3n) is 4.18. The van der Waals surface area contributed by atoms with Crippen molar-refractivity contribution in [1.82, 2.24) is 9.78 Å². The number of hydrogen-bond acceptors (Lipinski definition) is 5. The summed E-state index contributed by atoms with van der Waals surface area (Å²) in [7, 11) is 1.50. The summed E-state index contributed by atoms with van der Waals surface area (Å²) < 4.78 is 12.3. The molecule has 1 N–H and O–H groups in total. The average Bonchev–Trinajstić information content (AvgIpc) is 2.99. The maximum Gasteiger partial charge on any atom is 0.311 e. The highest BCUT2D eigenvalue weighted by Gasteiger charge is 2.28. The molecule has 0 saturated carbocycles. The van der Waals surface area contributed by atoms with Crippen LogP contribution >= 0.6 is 11.6 Å². The normalized spacial score (nSPS) is 11.2. The van der Waals surface area contributed by atoms with Crippen LogP contribution in [0.2, 0.25) is 5.02 Å². The molecule has 0 fully saturated rings. The summed E-state index contributed by atoms with van der Waals surface area (Å²) in [5.74, 6) is -0.590. The van der Waals surface area contributed by atoms with Crippen LogP contribution in [0.5, 0.6) is 5.75 Å². The van der Waals surface area contributed by atoms with E-state index in [1.165, 1.54) is 11.8 Å². The van der Waals surface area contributed by atoms with Gasteiger partial charge >= 0.3 is 5.97 Å². The van der Waals surface area contributed by atoms with Gasteiger partial charge in [0, 0.05) is 5.02 Å². The van der Waals surface area contributed by atoms with Gasteiger partial charge in [-0.25, -0.2) is 0 Å². The number of aromatic nitrogens is 2. The summed E-state index contributed by atoms with van der Waals surface area (Å²) in [6.45, 7) is 0. The lowest BCUT2D eigenvalue weighted by atomic mass is 10.0. The molecule has 0 bridgehead atoms. The molecule has 2 aromatic carbocycles. The van der Waals surface area contributed by atoms with Crippen molar-refractivity contribution in [3.8, 4) is 22.7 Å². The van der Waals surface area contributed by atoms with E-state index in [4.69, 9.17) is 20.8 Å². The van der Waals surface area contributed by atoms with Crippen LogP contribution < -0.4 is 10.3 Å². The standard InChI is InChI=1S/C19H13ClN2O5/c1-26-12-3-2-4-13-16(12)18-17(14(27-13)9-15(23)24)19(25)22(21-18)11-7-5-10(20)6-8-11/h2-8H,9H2,1H3,(H,23,24). The SMILES string of the molecule is COc1cccc2oc(CC(=O)O)c3c(=O)n(-c4ccc(Cl)cc4)nc-3c12. The van der Waals surface area contributed by atoms with Gasteiger partial charge in [0.2, 0.25) is 0 Å². The largest absolute Gasteiger partial charge is 0.496 e. The van der Waals surface area contributed by atoms with Gasteiger partial charge in [-0.1, -0.05) is 17.7 Å². The highest BCUT2D eigenvalue weighted by atomic mass is 35.5. The number of nitrogens with zero attached hydrogens (tertiary/aromatic N) is 2. The third-order valence-corrected chi connectivity index (χ3v) is 4.43. The van der Waals surface area contributed by atoms with Crippen molar-refractivity contribution in [2.45, 2.75) is 6.42 Å². The van der Waals surface area contributed by atoms with Gasteiger partial charge in [0.15, 0.2) is 0 Å². The first-order valence-electron chi connectivity index (χ1n) is 7.98. The fourth-order valence-electron chi connectivity index (χ4n) is 3.03. The van der Waals surface area contributed by atoms with Crippen LogP contribution in [0.4, 0.5) is 0 Å². The number of aliphatic carboxylic acids is 1. The number of methoxy groups -OCH3 is 1. The Kier molecular flexibility index (Phi) is 4.08. The van der Waals surface area contributed by atoms with E-state index in [1.54, 1.807) is 42.5 Å². The Morgan fingerprint density at radius 1 is 1.26 bits per heavy atom. The van der Waals surface area contributed by atoms with Crippen molar-refractivity contribution >= 4 is 28.5 Å². The van der Waals surface area contributed by atoms with Gasteiger partial charge in [0.1, 0.15) is 34.8 Å². The minimum atomic E-state index is -1.11. The molecule has 27 heavy (non-hydrogen) atoms. The van der Waals surface area contributed by atoms with Gasteiger partial charge in [0.25, 0.3) is 5.56 Å². The van der Waals surface area contributed by atoms with Gasteiger partial charge in [-0.05, 0) is 36.4 Å². The molecule has 7 nitrogen and oxygen atoms in total. The number of carbonyl (C=O) groups is 1. The Bertz CT molecular complexity index is 1190. The Morgan fingerprint density at radius 2 is 2.00 bits per heavy atom. The van der Waals surface area contributed by atoms with Gasteiger partial charge in [-0.2, -0.15) is 9.78 Å². The monoisotopic (exact) mass is 384 g/mol. The molecule has 2 heterocycles. The molecule has 0 saturated heterocycles. The summed E-state index contributed by atoms with van der Waals surface area (Å²) in [5.41, 5.74) is 0.859. The number of fused-ring (bicyclic) bond motifs is 3. The predicted molar refractivity (Wildman–Crippen MR) is 99.1 cm³/mol. The summed E-state index contributed by atoms with van der Waals surface area (Å²) in [5, 5.41) is 14.7. The van der Waals surface area contributed by atoms with Gasteiger partial charge in [0.05, 0.1) is 18.2 Å². The smallest absolute Gasteiger partial charge is 0.311 e. The highest BCUT2D eigenvalue weighted by molar-refractivity contribution is 6.30. The van der Waals surface area contributed by atoms with E-state index >= 15 is 0 Å². The lowest BCUT2D eigenvalue weighted by Crippen LogP contribution is -2.16. The van der Waals surface area contributed by atoms with Crippen molar-refractivity contribution in [3.63, 3.8) is 0 Å². The quantitative estimate of drug-likeness (QED) is 0.579. The molecule has 0 atom stereocenters. The van der Waals surface area contributed by atoms with Crippen molar-refractivity contribution in [2.75, 3.05) is 7.11 Å².